The van der Waals surface area contributed by atoms with E-state index in [-0.39, 0.29) is 9.92 Å². The summed E-state index contributed by atoms with van der Waals surface area (Å²) in [6, 6.07) is 9.09. The molecule has 0 heterocycles. The molecule has 2 aromatic carbocycles. The van der Waals surface area contributed by atoms with Gasteiger partial charge in [0.25, 0.3) is 5.91 Å². The number of sulfonamides is 1. The minimum absolute atomic E-state index is 0.0528. The van der Waals surface area contributed by atoms with Gasteiger partial charge in [-0.15, -0.1) is 0 Å². The Kier molecular flexibility index (Phi) is 7.29. The molecule has 0 spiro atoms. The van der Waals surface area contributed by atoms with Crippen LogP contribution in [0.4, 0.5) is 5.69 Å². The van der Waals surface area contributed by atoms with Crippen molar-refractivity contribution in [2.75, 3.05) is 32.6 Å². The van der Waals surface area contributed by atoms with Crippen LogP contribution < -0.4 is 14.8 Å². The van der Waals surface area contributed by atoms with Crippen molar-refractivity contribution in [1.82, 2.24) is 4.31 Å². The zero-order valence-corrected chi connectivity index (χ0v) is 17.7. The molecule has 1 N–H and O–H groups in total. The lowest BCUT2D eigenvalue weighted by Gasteiger charge is -2.19. The second kappa shape index (κ2) is 9.27. The summed E-state index contributed by atoms with van der Waals surface area (Å²) >= 11 is 6.12. The Balaban J connectivity index is 2.34. The molecule has 1 amide bonds. The Morgan fingerprint density at radius 2 is 1.68 bits per heavy atom. The van der Waals surface area contributed by atoms with E-state index in [1.165, 1.54) is 36.7 Å². The van der Waals surface area contributed by atoms with E-state index < -0.39 is 15.9 Å². The first kappa shape index (κ1) is 22.0. The fourth-order valence-electron chi connectivity index (χ4n) is 2.66. The molecule has 28 heavy (non-hydrogen) atoms. The number of ether oxygens (including phenoxy) is 2. The van der Waals surface area contributed by atoms with Crippen LogP contribution in [0, 0.1) is 0 Å². The molecule has 2 aromatic rings. The number of anilines is 1. The summed E-state index contributed by atoms with van der Waals surface area (Å²) < 4.78 is 37.2. The number of rotatable bonds is 8. The number of hydrogen-bond donors (Lipinski definition) is 1. The Labute approximate surface area is 170 Å². The van der Waals surface area contributed by atoms with Crippen LogP contribution in [0.15, 0.2) is 41.3 Å². The van der Waals surface area contributed by atoms with Gasteiger partial charge in [0.2, 0.25) is 10.0 Å². The van der Waals surface area contributed by atoms with Crippen LogP contribution in [0.5, 0.6) is 11.5 Å². The second-order valence-corrected chi connectivity index (χ2v) is 8.07. The number of nitrogens with one attached hydrogen (secondary N) is 1. The van der Waals surface area contributed by atoms with Gasteiger partial charge in [0, 0.05) is 24.3 Å². The monoisotopic (exact) mass is 426 g/mol. The molecule has 0 aromatic heterocycles. The van der Waals surface area contributed by atoms with E-state index in [1.54, 1.807) is 32.0 Å². The van der Waals surface area contributed by atoms with Gasteiger partial charge in [0.05, 0.1) is 19.2 Å². The van der Waals surface area contributed by atoms with E-state index in [4.69, 9.17) is 21.1 Å². The molecule has 0 fully saturated rings. The molecule has 0 saturated carbocycles. The van der Waals surface area contributed by atoms with Crippen LogP contribution in [0.1, 0.15) is 24.2 Å². The zero-order valence-electron chi connectivity index (χ0n) is 16.2. The first-order valence-corrected chi connectivity index (χ1v) is 10.4. The third kappa shape index (κ3) is 4.57. The van der Waals surface area contributed by atoms with E-state index >= 15 is 0 Å². The predicted octanol–water partition coefficient (Wildman–Crippen LogP) is 3.64. The van der Waals surface area contributed by atoms with Gasteiger partial charge in [-0.3, -0.25) is 4.79 Å². The van der Waals surface area contributed by atoms with E-state index in [1.807, 2.05) is 0 Å². The average molecular weight is 427 g/mol. The van der Waals surface area contributed by atoms with Gasteiger partial charge in [0.1, 0.15) is 4.90 Å². The van der Waals surface area contributed by atoms with Crippen LogP contribution in [-0.2, 0) is 10.0 Å². The summed E-state index contributed by atoms with van der Waals surface area (Å²) in [5, 5.41) is 2.78. The van der Waals surface area contributed by atoms with Crippen molar-refractivity contribution in [2.24, 2.45) is 0 Å². The molecule has 152 valence electrons. The normalized spacial score (nSPS) is 11.4. The van der Waals surface area contributed by atoms with Crippen LogP contribution >= 0.6 is 11.6 Å². The highest BCUT2D eigenvalue weighted by Crippen LogP contribution is 2.30. The van der Waals surface area contributed by atoms with Crippen molar-refractivity contribution >= 4 is 33.2 Å². The summed E-state index contributed by atoms with van der Waals surface area (Å²) in [5.74, 6) is 0.490. The second-order valence-electron chi connectivity index (χ2n) is 5.76. The van der Waals surface area contributed by atoms with Crippen molar-refractivity contribution in [3.8, 4) is 11.5 Å². The third-order valence-electron chi connectivity index (χ3n) is 4.16. The molecule has 0 bridgehead atoms. The summed E-state index contributed by atoms with van der Waals surface area (Å²) in [6.45, 7) is 4.13. The topological polar surface area (TPSA) is 84.9 Å². The maximum absolute atomic E-state index is 12.8. The van der Waals surface area contributed by atoms with E-state index in [0.29, 0.717) is 35.8 Å². The Bertz CT molecular complexity index is 959. The Hall–Kier alpha value is -2.29. The first-order chi connectivity index (χ1) is 13.3. The molecule has 0 atom stereocenters. The van der Waals surface area contributed by atoms with Crippen molar-refractivity contribution < 1.29 is 22.7 Å². The highest BCUT2D eigenvalue weighted by molar-refractivity contribution is 7.89. The van der Waals surface area contributed by atoms with Gasteiger partial charge in [-0.2, -0.15) is 4.31 Å². The van der Waals surface area contributed by atoms with Crippen molar-refractivity contribution in [3.63, 3.8) is 0 Å². The summed E-state index contributed by atoms with van der Waals surface area (Å²) in [7, 11) is -0.783. The van der Waals surface area contributed by atoms with Gasteiger partial charge in [-0.1, -0.05) is 25.4 Å². The minimum Gasteiger partial charge on any atom is -0.493 e. The molecule has 0 aliphatic carbocycles. The largest absolute Gasteiger partial charge is 0.493 e. The molecular formula is C19H23ClN2O5S. The molecule has 0 unspecified atom stereocenters. The van der Waals surface area contributed by atoms with Crippen LogP contribution in [0.25, 0.3) is 0 Å². The fraction of sp³-hybridized carbons (Fsp3) is 0.316. The number of carbonyl (C=O) groups is 1. The van der Waals surface area contributed by atoms with Gasteiger partial charge in [-0.25, -0.2) is 8.42 Å². The number of amides is 1. The van der Waals surface area contributed by atoms with Gasteiger partial charge in [-0.05, 0) is 36.4 Å². The minimum atomic E-state index is -3.76. The molecule has 0 radical (unpaired) electrons. The quantitative estimate of drug-likeness (QED) is 0.696. The summed E-state index contributed by atoms with van der Waals surface area (Å²) in [5.41, 5.74) is 0.649. The SMILES string of the molecule is CCN(CC)S(=O)(=O)c1cc(NC(=O)c2ccc(OC)c(OC)c2)ccc1Cl. The first-order valence-electron chi connectivity index (χ1n) is 8.61. The highest BCUT2D eigenvalue weighted by atomic mass is 35.5. The van der Waals surface area contributed by atoms with Crippen molar-refractivity contribution in [3.05, 3.63) is 47.0 Å². The molecule has 0 aliphatic heterocycles. The maximum Gasteiger partial charge on any atom is 0.255 e. The van der Waals surface area contributed by atoms with Crippen LogP contribution in [0.3, 0.4) is 0 Å². The summed E-state index contributed by atoms with van der Waals surface area (Å²) in [6.07, 6.45) is 0. The van der Waals surface area contributed by atoms with Crippen LogP contribution in [0.2, 0.25) is 5.02 Å². The lowest BCUT2D eigenvalue weighted by molar-refractivity contribution is 0.102. The smallest absolute Gasteiger partial charge is 0.255 e. The highest BCUT2D eigenvalue weighted by Gasteiger charge is 2.25. The Morgan fingerprint density at radius 3 is 2.25 bits per heavy atom. The van der Waals surface area contributed by atoms with E-state index in [0.717, 1.165) is 0 Å². The lowest BCUT2D eigenvalue weighted by Crippen LogP contribution is -2.30. The Morgan fingerprint density at radius 1 is 1.04 bits per heavy atom. The lowest BCUT2D eigenvalue weighted by atomic mass is 10.2. The average Bonchev–Trinajstić information content (AvgIpc) is 2.69. The number of benzene rings is 2. The molecular weight excluding hydrogens is 404 g/mol. The molecule has 2 rings (SSSR count). The fourth-order valence-corrected chi connectivity index (χ4v) is 4.62. The number of halogens is 1. The van der Waals surface area contributed by atoms with Crippen molar-refractivity contribution in [1.29, 1.82) is 0 Å². The van der Waals surface area contributed by atoms with E-state index in [9.17, 15) is 13.2 Å². The van der Waals surface area contributed by atoms with Crippen molar-refractivity contribution in [2.45, 2.75) is 18.7 Å². The molecule has 0 aliphatic rings. The van der Waals surface area contributed by atoms with E-state index in [2.05, 4.69) is 5.32 Å². The number of methoxy groups -OCH3 is 2. The molecule has 0 saturated heterocycles. The maximum atomic E-state index is 12.8. The predicted molar refractivity (Wildman–Crippen MR) is 109 cm³/mol. The van der Waals surface area contributed by atoms with Gasteiger partial charge >= 0.3 is 0 Å². The van der Waals surface area contributed by atoms with Gasteiger partial charge in [0.15, 0.2) is 11.5 Å². The zero-order chi connectivity index (χ0) is 20.9. The standard InChI is InChI=1S/C19H23ClN2O5S/c1-5-22(6-2)28(24,25)18-12-14(8-9-15(18)20)21-19(23)13-7-10-16(26-3)17(11-13)27-4/h7-12H,5-6H2,1-4H3,(H,21,23). The molecule has 9 heteroatoms. The number of carbonyl (C=O) groups excluding carboxylic acids is 1. The van der Waals surface area contributed by atoms with Gasteiger partial charge < -0.3 is 14.8 Å². The summed E-state index contributed by atoms with van der Waals surface area (Å²) in [4.78, 5) is 12.5. The van der Waals surface area contributed by atoms with Crippen LogP contribution in [-0.4, -0.2) is 45.9 Å². The molecule has 7 nitrogen and oxygen atoms in total. The number of hydrogen-bond acceptors (Lipinski definition) is 5. The third-order valence-corrected chi connectivity index (χ3v) is 6.69. The number of nitrogens with zero attached hydrogens (tertiary/aromatic N) is 1.